The Bertz CT molecular complexity index is 1000. The van der Waals surface area contributed by atoms with Crippen LogP contribution >= 0.6 is 11.3 Å². The molecule has 1 N–H and O–H groups in total. The number of aryl methyl sites for hydroxylation is 1. The van der Waals surface area contributed by atoms with E-state index in [1.54, 1.807) is 0 Å². The molecule has 2 aromatic heterocycles. The Morgan fingerprint density at radius 2 is 2.15 bits per heavy atom. The number of benzene rings is 1. The van der Waals surface area contributed by atoms with Crippen molar-refractivity contribution in [1.29, 1.82) is 0 Å². The molecular weight excluding hydrogens is 362 g/mol. The molecule has 1 aromatic carbocycles. The van der Waals surface area contributed by atoms with Crippen molar-refractivity contribution in [2.24, 2.45) is 0 Å². The summed E-state index contributed by atoms with van der Waals surface area (Å²) in [5.41, 5.74) is 2.93. The lowest BCUT2D eigenvalue weighted by atomic mass is 10.1. The van der Waals surface area contributed by atoms with Crippen LogP contribution in [0.5, 0.6) is 0 Å². The van der Waals surface area contributed by atoms with Gasteiger partial charge < -0.3 is 4.90 Å². The smallest absolute Gasteiger partial charge is 0.277 e. The average molecular weight is 379 g/mol. The first-order chi connectivity index (χ1) is 13.1. The van der Waals surface area contributed by atoms with Gasteiger partial charge in [0.25, 0.3) is 11.8 Å². The van der Waals surface area contributed by atoms with E-state index < -0.39 is 0 Å². The van der Waals surface area contributed by atoms with Crippen molar-refractivity contribution in [3.8, 4) is 0 Å². The van der Waals surface area contributed by atoms with Crippen molar-refractivity contribution < 1.29 is 9.59 Å². The van der Waals surface area contributed by atoms with Crippen molar-refractivity contribution in [3.63, 3.8) is 0 Å². The number of fused-ring (bicyclic) bond motifs is 1. The monoisotopic (exact) mass is 379 g/mol. The summed E-state index contributed by atoms with van der Waals surface area (Å²) in [5.74, 6) is -0.329. The highest BCUT2D eigenvalue weighted by Gasteiger charge is 2.25. The summed E-state index contributed by atoms with van der Waals surface area (Å²) in [7, 11) is 0. The Morgan fingerprint density at radius 1 is 1.26 bits per heavy atom. The number of aromatic nitrogens is 3. The second-order valence-corrected chi connectivity index (χ2v) is 7.36. The van der Waals surface area contributed by atoms with Crippen LogP contribution in [0.3, 0.4) is 0 Å². The van der Waals surface area contributed by atoms with Crippen LogP contribution in [0, 0.1) is 6.92 Å². The summed E-state index contributed by atoms with van der Waals surface area (Å²) < 4.78 is 0. The Balaban J connectivity index is 1.47. The van der Waals surface area contributed by atoms with Gasteiger partial charge in [-0.3, -0.25) is 19.9 Å². The first-order valence-electron chi connectivity index (χ1n) is 8.52. The van der Waals surface area contributed by atoms with Crippen LogP contribution in [0.1, 0.15) is 37.0 Å². The largest absolute Gasteiger partial charge is 0.333 e. The van der Waals surface area contributed by atoms with Crippen LogP contribution in [-0.2, 0) is 13.0 Å². The first-order valence-corrected chi connectivity index (χ1v) is 9.33. The van der Waals surface area contributed by atoms with Gasteiger partial charge in [-0.25, -0.2) is 9.97 Å². The van der Waals surface area contributed by atoms with Crippen LogP contribution in [0.15, 0.2) is 42.9 Å². The number of amides is 2. The van der Waals surface area contributed by atoms with Gasteiger partial charge in [0.15, 0.2) is 5.13 Å². The quantitative estimate of drug-likeness (QED) is 0.756. The van der Waals surface area contributed by atoms with Crippen molar-refractivity contribution in [2.75, 3.05) is 11.9 Å². The summed E-state index contributed by atoms with van der Waals surface area (Å²) in [6.07, 6.45) is 5.06. The van der Waals surface area contributed by atoms with Gasteiger partial charge in [-0.05, 0) is 19.1 Å². The van der Waals surface area contributed by atoms with Crippen molar-refractivity contribution in [2.45, 2.75) is 19.9 Å². The van der Waals surface area contributed by atoms with Crippen LogP contribution in [-0.4, -0.2) is 38.2 Å². The number of hydrogen-bond donors (Lipinski definition) is 1. The molecule has 0 unspecified atom stereocenters. The molecule has 8 heteroatoms. The number of rotatable bonds is 3. The minimum absolute atomic E-state index is 0.0166. The van der Waals surface area contributed by atoms with Gasteiger partial charge in [0.2, 0.25) is 0 Å². The van der Waals surface area contributed by atoms with E-state index in [0.717, 1.165) is 16.1 Å². The molecule has 0 bridgehead atoms. The van der Waals surface area contributed by atoms with Crippen molar-refractivity contribution in [3.05, 3.63) is 70.2 Å². The van der Waals surface area contributed by atoms with Gasteiger partial charge >= 0.3 is 0 Å². The molecule has 0 spiro atoms. The van der Waals surface area contributed by atoms with E-state index in [9.17, 15) is 9.59 Å². The number of hydrogen-bond acceptors (Lipinski definition) is 6. The first kappa shape index (κ1) is 17.3. The standard InChI is InChI=1S/C19H17N5O2S/c1-12-3-2-4-13(9-12)18(26)24-8-5-14-16(11-24)27-19(22-14)23-17(25)15-10-20-6-7-21-15/h2-4,6-7,9-10H,5,8,11H2,1H3,(H,22,23,25). The van der Waals surface area contributed by atoms with E-state index in [-0.39, 0.29) is 17.5 Å². The summed E-state index contributed by atoms with van der Waals surface area (Å²) in [6, 6.07) is 7.60. The zero-order valence-electron chi connectivity index (χ0n) is 14.7. The summed E-state index contributed by atoms with van der Waals surface area (Å²) in [5, 5.41) is 3.28. The molecule has 0 saturated heterocycles. The minimum atomic E-state index is -0.345. The third-order valence-electron chi connectivity index (χ3n) is 4.30. The van der Waals surface area contributed by atoms with Crippen molar-refractivity contribution in [1.82, 2.24) is 19.9 Å². The molecule has 1 aliphatic heterocycles. The molecule has 7 nitrogen and oxygen atoms in total. The fraction of sp³-hybridized carbons (Fsp3) is 0.211. The van der Waals surface area contributed by atoms with E-state index in [0.29, 0.717) is 30.2 Å². The molecule has 0 fully saturated rings. The Labute approximate surface area is 160 Å². The fourth-order valence-electron chi connectivity index (χ4n) is 2.96. The molecule has 1 aliphatic rings. The number of anilines is 1. The molecule has 4 rings (SSSR count). The van der Waals surface area contributed by atoms with E-state index in [4.69, 9.17) is 0 Å². The van der Waals surface area contributed by atoms with Gasteiger partial charge in [0, 0.05) is 35.8 Å². The summed E-state index contributed by atoms with van der Waals surface area (Å²) in [6.45, 7) is 3.09. The third-order valence-corrected chi connectivity index (χ3v) is 5.30. The molecular formula is C19H17N5O2S. The number of nitrogens with zero attached hydrogens (tertiary/aromatic N) is 4. The number of carbonyl (C=O) groups is 2. The normalized spacial score (nSPS) is 13.1. The van der Waals surface area contributed by atoms with Gasteiger partial charge in [0.05, 0.1) is 18.4 Å². The Morgan fingerprint density at radius 3 is 2.93 bits per heavy atom. The highest BCUT2D eigenvalue weighted by Crippen LogP contribution is 2.29. The van der Waals surface area contributed by atoms with Gasteiger partial charge in [-0.15, -0.1) is 0 Å². The van der Waals surface area contributed by atoms with E-state index >= 15 is 0 Å². The summed E-state index contributed by atoms with van der Waals surface area (Å²) in [4.78, 5) is 40.2. The van der Waals surface area contributed by atoms with Crippen LogP contribution in [0.4, 0.5) is 5.13 Å². The van der Waals surface area contributed by atoms with Gasteiger partial charge in [-0.1, -0.05) is 29.0 Å². The second kappa shape index (κ2) is 7.24. The Kier molecular flexibility index (Phi) is 4.64. The fourth-order valence-corrected chi connectivity index (χ4v) is 3.98. The average Bonchev–Trinajstić information content (AvgIpc) is 3.09. The number of nitrogens with one attached hydrogen (secondary N) is 1. The van der Waals surface area contributed by atoms with Gasteiger partial charge in [0.1, 0.15) is 5.69 Å². The lowest BCUT2D eigenvalue weighted by Crippen LogP contribution is -2.35. The predicted octanol–water partition coefficient (Wildman–Crippen LogP) is 2.69. The molecule has 27 heavy (non-hydrogen) atoms. The van der Waals surface area contributed by atoms with Crippen molar-refractivity contribution >= 4 is 28.3 Å². The lowest BCUT2D eigenvalue weighted by Gasteiger charge is -2.26. The molecule has 0 atom stereocenters. The Hall–Kier alpha value is -3.13. The molecule has 2 amide bonds. The lowest BCUT2D eigenvalue weighted by molar-refractivity contribution is 0.0736. The highest BCUT2D eigenvalue weighted by atomic mass is 32.1. The van der Waals surface area contributed by atoms with E-state index in [1.807, 2.05) is 36.1 Å². The van der Waals surface area contributed by atoms with E-state index in [1.165, 1.54) is 29.9 Å². The molecule has 0 aliphatic carbocycles. The highest BCUT2D eigenvalue weighted by molar-refractivity contribution is 7.15. The summed E-state index contributed by atoms with van der Waals surface area (Å²) >= 11 is 1.39. The van der Waals surface area contributed by atoms with Crippen LogP contribution < -0.4 is 5.32 Å². The van der Waals surface area contributed by atoms with Crippen LogP contribution in [0.25, 0.3) is 0 Å². The van der Waals surface area contributed by atoms with Crippen LogP contribution in [0.2, 0.25) is 0 Å². The molecule has 3 heterocycles. The number of carbonyl (C=O) groups excluding carboxylic acids is 2. The molecule has 0 saturated carbocycles. The third kappa shape index (κ3) is 3.70. The SMILES string of the molecule is Cc1cccc(C(=O)N2CCc3nc(NC(=O)c4cnccn4)sc3C2)c1. The van der Waals surface area contributed by atoms with E-state index in [2.05, 4.69) is 20.3 Å². The number of thiazole rings is 1. The maximum Gasteiger partial charge on any atom is 0.277 e. The molecule has 3 aromatic rings. The maximum absolute atomic E-state index is 12.8. The maximum atomic E-state index is 12.8. The zero-order chi connectivity index (χ0) is 18.8. The van der Waals surface area contributed by atoms with Gasteiger partial charge in [-0.2, -0.15) is 0 Å². The second-order valence-electron chi connectivity index (χ2n) is 6.28. The topological polar surface area (TPSA) is 88.1 Å². The molecule has 136 valence electrons. The molecule has 0 radical (unpaired) electrons. The zero-order valence-corrected chi connectivity index (χ0v) is 15.5. The minimum Gasteiger partial charge on any atom is -0.333 e. The predicted molar refractivity (Wildman–Crippen MR) is 102 cm³/mol.